The second kappa shape index (κ2) is 9.70. The van der Waals surface area contributed by atoms with Crippen LogP contribution < -0.4 is 4.74 Å². The quantitative estimate of drug-likeness (QED) is 0.555. The van der Waals surface area contributed by atoms with Gasteiger partial charge in [-0.25, -0.2) is 24.9 Å². The summed E-state index contributed by atoms with van der Waals surface area (Å²) in [6, 6.07) is 4.77. The van der Waals surface area contributed by atoms with Crippen LogP contribution in [0.15, 0.2) is 43.0 Å². The molecule has 34 heavy (non-hydrogen) atoms. The molecule has 0 aliphatic carbocycles. The van der Waals surface area contributed by atoms with Crippen molar-refractivity contribution in [3.8, 4) is 17.4 Å². The molecule has 11 heteroatoms. The summed E-state index contributed by atoms with van der Waals surface area (Å²) in [4.78, 5) is 35.7. The third-order valence-corrected chi connectivity index (χ3v) is 5.61. The van der Waals surface area contributed by atoms with Gasteiger partial charge in [0.05, 0.1) is 17.2 Å². The Bertz CT molecular complexity index is 1140. The van der Waals surface area contributed by atoms with E-state index in [4.69, 9.17) is 4.74 Å². The molecule has 0 unspecified atom stereocenters. The largest absolute Gasteiger partial charge is 0.461 e. The molecule has 0 bridgehead atoms. The Morgan fingerprint density at radius 3 is 2.50 bits per heavy atom. The molecule has 1 saturated heterocycles. The first kappa shape index (κ1) is 23.5. The van der Waals surface area contributed by atoms with Gasteiger partial charge in [0.15, 0.2) is 5.82 Å². The summed E-state index contributed by atoms with van der Waals surface area (Å²) in [5, 5.41) is 0. The number of carbonyl (C=O) groups is 1. The predicted molar refractivity (Wildman–Crippen MR) is 116 cm³/mol. The molecule has 1 amide bonds. The van der Waals surface area contributed by atoms with Crippen LogP contribution in [0.2, 0.25) is 0 Å². The molecule has 3 aromatic rings. The number of hydrogen-bond donors (Lipinski definition) is 0. The summed E-state index contributed by atoms with van der Waals surface area (Å²) in [7, 11) is 0. The van der Waals surface area contributed by atoms with E-state index >= 15 is 0 Å². The Hall–Kier alpha value is -3.63. The molecule has 0 radical (unpaired) electrons. The molecule has 0 aromatic carbocycles. The summed E-state index contributed by atoms with van der Waals surface area (Å²) < 4.78 is 43.8. The Morgan fingerprint density at radius 1 is 1.12 bits per heavy atom. The smallest absolute Gasteiger partial charge is 0.419 e. The van der Waals surface area contributed by atoms with Crippen LogP contribution in [-0.4, -0.2) is 54.9 Å². The van der Waals surface area contributed by atoms with Gasteiger partial charge in [-0.3, -0.25) is 4.79 Å². The highest BCUT2D eigenvalue weighted by molar-refractivity contribution is 5.98. The van der Waals surface area contributed by atoms with E-state index in [0.717, 1.165) is 6.42 Å². The third kappa shape index (κ3) is 5.29. The first-order valence-corrected chi connectivity index (χ1v) is 10.8. The van der Waals surface area contributed by atoms with Crippen molar-refractivity contribution in [2.75, 3.05) is 13.2 Å². The van der Waals surface area contributed by atoms with Crippen molar-refractivity contribution in [1.82, 2.24) is 29.8 Å². The van der Waals surface area contributed by atoms with Gasteiger partial charge < -0.3 is 9.64 Å². The first-order valence-electron chi connectivity index (χ1n) is 10.8. The fraction of sp³-hybridized carbons (Fsp3) is 0.391. The molecule has 1 aliphatic rings. The van der Waals surface area contributed by atoms with Gasteiger partial charge in [0, 0.05) is 37.0 Å². The van der Waals surface area contributed by atoms with E-state index in [9.17, 15) is 18.0 Å². The minimum absolute atomic E-state index is 0.0484. The molecule has 178 valence electrons. The topological polar surface area (TPSA) is 94.0 Å². The number of aryl methyl sites for hydroxylation is 1. The Kier molecular flexibility index (Phi) is 6.71. The van der Waals surface area contributed by atoms with E-state index < -0.39 is 11.7 Å². The average Bonchev–Trinajstić information content (AvgIpc) is 2.83. The Balaban J connectivity index is 1.56. The molecule has 0 saturated carbocycles. The number of likely N-dealkylation sites (tertiary alicyclic amines) is 1. The maximum atomic E-state index is 13.7. The van der Waals surface area contributed by atoms with Gasteiger partial charge in [-0.1, -0.05) is 6.92 Å². The van der Waals surface area contributed by atoms with Crippen LogP contribution in [0.4, 0.5) is 13.2 Å². The highest BCUT2D eigenvalue weighted by Crippen LogP contribution is 2.29. The van der Waals surface area contributed by atoms with Crippen LogP contribution in [0.1, 0.15) is 41.5 Å². The molecule has 1 aliphatic heterocycles. The second-order valence-corrected chi connectivity index (χ2v) is 8.28. The van der Waals surface area contributed by atoms with E-state index in [1.54, 1.807) is 42.4 Å². The number of ether oxygens (including phenoxy) is 1. The SMILES string of the molecule is Cc1ccc(-c2ncccn2)c(C(=O)N2C[C@@H](C)CC[C@H]2COc2ncc(C(F)(F)F)cn2)n1. The number of amides is 1. The van der Waals surface area contributed by atoms with Gasteiger partial charge in [-0.15, -0.1) is 0 Å². The number of aromatic nitrogens is 5. The van der Waals surface area contributed by atoms with Gasteiger partial charge in [0.1, 0.15) is 12.3 Å². The van der Waals surface area contributed by atoms with Gasteiger partial charge >= 0.3 is 12.2 Å². The van der Waals surface area contributed by atoms with Crippen LogP contribution in [0, 0.1) is 12.8 Å². The molecular formula is C23H23F3N6O2. The molecule has 8 nitrogen and oxygen atoms in total. The Morgan fingerprint density at radius 2 is 1.82 bits per heavy atom. The fourth-order valence-electron chi connectivity index (χ4n) is 3.81. The van der Waals surface area contributed by atoms with Crippen LogP contribution in [-0.2, 0) is 6.18 Å². The van der Waals surface area contributed by atoms with Crippen LogP contribution in [0.3, 0.4) is 0 Å². The third-order valence-electron chi connectivity index (χ3n) is 5.61. The molecule has 0 N–H and O–H groups in total. The molecule has 3 aromatic heterocycles. The molecular weight excluding hydrogens is 449 g/mol. The van der Waals surface area contributed by atoms with E-state index in [1.807, 2.05) is 0 Å². The van der Waals surface area contributed by atoms with Crippen molar-refractivity contribution in [2.45, 2.75) is 38.9 Å². The molecule has 0 spiro atoms. The molecule has 4 heterocycles. The zero-order valence-corrected chi connectivity index (χ0v) is 18.7. The second-order valence-electron chi connectivity index (χ2n) is 8.28. The van der Waals surface area contributed by atoms with E-state index in [2.05, 4.69) is 31.8 Å². The van der Waals surface area contributed by atoms with Crippen molar-refractivity contribution >= 4 is 5.91 Å². The lowest BCUT2D eigenvalue weighted by Crippen LogP contribution is -2.49. The van der Waals surface area contributed by atoms with Crippen LogP contribution in [0.25, 0.3) is 11.4 Å². The van der Waals surface area contributed by atoms with Gasteiger partial charge in [-0.05, 0) is 43.9 Å². The number of rotatable bonds is 5. The maximum Gasteiger partial charge on any atom is 0.419 e. The average molecular weight is 472 g/mol. The lowest BCUT2D eigenvalue weighted by molar-refractivity contribution is -0.138. The van der Waals surface area contributed by atoms with Gasteiger partial charge in [0.25, 0.3) is 5.91 Å². The van der Waals surface area contributed by atoms with Crippen molar-refractivity contribution in [2.24, 2.45) is 5.92 Å². The minimum atomic E-state index is -4.53. The van der Waals surface area contributed by atoms with Crippen LogP contribution >= 0.6 is 0 Å². The summed E-state index contributed by atoms with van der Waals surface area (Å²) in [5.74, 6) is 0.387. The normalized spacial score (nSPS) is 18.6. The standard InChI is InChI=1S/C23H23F3N6O2/c1-14-4-6-17(13-34-22-29-10-16(11-30-22)23(24,25)26)32(12-14)21(33)19-18(7-5-15(2)31-19)20-27-8-3-9-28-20/h3,5,7-11,14,17H,4,6,12-13H2,1-2H3/t14-,17-/m0/s1. The van der Waals surface area contributed by atoms with Gasteiger partial charge in [-0.2, -0.15) is 13.2 Å². The lowest BCUT2D eigenvalue weighted by Gasteiger charge is -2.38. The Labute approximate surface area is 194 Å². The van der Waals surface area contributed by atoms with Crippen LogP contribution in [0.5, 0.6) is 6.01 Å². The van der Waals surface area contributed by atoms with E-state index in [0.29, 0.717) is 42.4 Å². The maximum absolute atomic E-state index is 13.7. The summed E-state index contributed by atoms with van der Waals surface area (Å²) >= 11 is 0. The zero-order valence-electron chi connectivity index (χ0n) is 18.7. The lowest BCUT2D eigenvalue weighted by atomic mass is 9.93. The number of hydrogen-bond acceptors (Lipinski definition) is 7. The fourth-order valence-corrected chi connectivity index (χ4v) is 3.81. The number of halogens is 3. The van der Waals surface area contributed by atoms with Crippen molar-refractivity contribution in [1.29, 1.82) is 0 Å². The monoisotopic (exact) mass is 472 g/mol. The first-order chi connectivity index (χ1) is 16.2. The predicted octanol–water partition coefficient (Wildman–Crippen LogP) is 3.98. The summed E-state index contributed by atoms with van der Waals surface area (Å²) in [6.07, 6.45) is 1.56. The number of pyridine rings is 1. The summed E-state index contributed by atoms with van der Waals surface area (Å²) in [6.45, 7) is 4.40. The number of nitrogens with zero attached hydrogens (tertiary/aromatic N) is 6. The van der Waals surface area contributed by atoms with Gasteiger partial charge in [0.2, 0.25) is 0 Å². The molecule has 2 atom stereocenters. The highest BCUT2D eigenvalue weighted by atomic mass is 19.4. The van der Waals surface area contributed by atoms with E-state index in [1.165, 1.54) is 0 Å². The number of alkyl halides is 3. The number of carbonyl (C=O) groups excluding carboxylic acids is 1. The van der Waals surface area contributed by atoms with Crippen molar-refractivity contribution in [3.05, 3.63) is 59.9 Å². The number of piperidine rings is 1. The minimum Gasteiger partial charge on any atom is -0.461 e. The summed E-state index contributed by atoms with van der Waals surface area (Å²) in [5.41, 5.74) is 0.500. The van der Waals surface area contributed by atoms with E-state index in [-0.39, 0.29) is 36.2 Å². The van der Waals surface area contributed by atoms with Crippen molar-refractivity contribution < 1.29 is 22.7 Å². The molecule has 1 fully saturated rings. The highest BCUT2D eigenvalue weighted by Gasteiger charge is 2.34. The zero-order chi connectivity index (χ0) is 24.3. The van der Waals surface area contributed by atoms with Crippen molar-refractivity contribution in [3.63, 3.8) is 0 Å². The molecule has 4 rings (SSSR count).